The second-order valence-corrected chi connectivity index (χ2v) is 6.35. The molecule has 0 fully saturated rings. The fourth-order valence-corrected chi connectivity index (χ4v) is 3.75. The first kappa shape index (κ1) is 16.6. The van der Waals surface area contributed by atoms with Crippen LogP contribution in [0.3, 0.4) is 0 Å². The van der Waals surface area contributed by atoms with Gasteiger partial charge in [-0.3, -0.25) is 9.05 Å². The van der Waals surface area contributed by atoms with Crippen LogP contribution >= 0.6 is 23.7 Å². The molecule has 98 valence electrons. The van der Waals surface area contributed by atoms with Gasteiger partial charge in [0, 0.05) is 10.9 Å². The highest BCUT2D eigenvalue weighted by Crippen LogP contribution is 2.44. The Morgan fingerprint density at radius 2 is 1.62 bits per heavy atom. The van der Waals surface area contributed by atoms with E-state index in [1.54, 1.807) is 13.8 Å². The van der Waals surface area contributed by atoms with Gasteiger partial charge in [-0.2, -0.15) is 0 Å². The molecule has 0 spiro atoms. The summed E-state index contributed by atoms with van der Waals surface area (Å²) in [5.74, 6) is 0. The predicted octanol–water partition coefficient (Wildman–Crippen LogP) is 3.71. The average Bonchev–Trinajstić information content (AvgIpc) is 2.25. The van der Waals surface area contributed by atoms with E-state index in [1.807, 2.05) is 6.92 Å². The molecule has 0 unspecified atom stereocenters. The quantitative estimate of drug-likeness (QED) is 0.520. The Morgan fingerprint density at radius 1 is 1.12 bits per heavy atom. The lowest BCUT2D eigenvalue weighted by Gasteiger charge is -2.26. The zero-order chi connectivity index (χ0) is 12.6. The Labute approximate surface area is 107 Å². The standard InChI is InChI=1S/C10H23BrNO3P/c1-5-9(11)10(6-2)12-16(13,14-7-3)15-8-4/h9-10H,5-8H2,1-4H3,(H,12,13)/t9-,10+/m0/s1. The van der Waals surface area contributed by atoms with E-state index < -0.39 is 7.75 Å². The molecule has 0 saturated carbocycles. The number of hydrogen-bond donors (Lipinski definition) is 1. The number of hydrogen-bond acceptors (Lipinski definition) is 3. The molecular formula is C10H23BrNO3P. The maximum Gasteiger partial charge on any atom is 0.405 e. The molecule has 0 radical (unpaired) electrons. The van der Waals surface area contributed by atoms with Crippen molar-refractivity contribution in [3.05, 3.63) is 0 Å². The first-order valence-electron chi connectivity index (χ1n) is 5.83. The van der Waals surface area contributed by atoms with Crippen LogP contribution in [0.2, 0.25) is 0 Å². The highest BCUT2D eigenvalue weighted by atomic mass is 79.9. The fourth-order valence-electron chi connectivity index (χ4n) is 1.37. The number of rotatable bonds is 9. The van der Waals surface area contributed by atoms with Crippen molar-refractivity contribution in [1.29, 1.82) is 0 Å². The SMILES string of the molecule is CCOP(=O)(N[C@H](CC)[C@@H](Br)CC)OCC. The highest BCUT2D eigenvalue weighted by molar-refractivity contribution is 9.09. The summed E-state index contributed by atoms with van der Waals surface area (Å²) in [6, 6.07) is 0.0916. The van der Waals surface area contributed by atoms with Gasteiger partial charge in [0.25, 0.3) is 0 Å². The van der Waals surface area contributed by atoms with Gasteiger partial charge in [0.15, 0.2) is 0 Å². The lowest BCUT2D eigenvalue weighted by Crippen LogP contribution is -2.35. The van der Waals surface area contributed by atoms with Gasteiger partial charge in [0.05, 0.1) is 13.2 Å². The zero-order valence-corrected chi connectivity index (χ0v) is 13.0. The van der Waals surface area contributed by atoms with Crippen molar-refractivity contribution in [1.82, 2.24) is 5.09 Å². The summed E-state index contributed by atoms with van der Waals surface area (Å²) >= 11 is 3.56. The first-order valence-corrected chi connectivity index (χ1v) is 8.29. The van der Waals surface area contributed by atoms with Crippen LogP contribution in [0.5, 0.6) is 0 Å². The van der Waals surface area contributed by atoms with Gasteiger partial charge in [0.1, 0.15) is 0 Å². The van der Waals surface area contributed by atoms with Crippen LogP contribution in [0.4, 0.5) is 0 Å². The lowest BCUT2D eigenvalue weighted by molar-refractivity contribution is 0.206. The zero-order valence-electron chi connectivity index (χ0n) is 10.5. The Bertz CT molecular complexity index is 218. The second kappa shape index (κ2) is 8.65. The normalized spacial score (nSPS) is 16.1. The van der Waals surface area contributed by atoms with Gasteiger partial charge in [-0.25, -0.2) is 9.65 Å². The van der Waals surface area contributed by atoms with E-state index >= 15 is 0 Å². The summed E-state index contributed by atoms with van der Waals surface area (Å²) in [6.45, 7) is 8.49. The molecule has 0 rings (SSSR count). The average molecular weight is 316 g/mol. The third kappa shape index (κ3) is 5.78. The summed E-state index contributed by atoms with van der Waals surface area (Å²) in [5.41, 5.74) is 0. The molecule has 16 heavy (non-hydrogen) atoms. The Hall–Kier alpha value is 0.590. The van der Waals surface area contributed by atoms with Crippen molar-refractivity contribution in [2.45, 2.75) is 51.4 Å². The number of alkyl halides is 1. The molecule has 0 aliphatic rings. The van der Waals surface area contributed by atoms with E-state index in [-0.39, 0.29) is 10.9 Å². The maximum atomic E-state index is 12.2. The van der Waals surface area contributed by atoms with Gasteiger partial charge in [-0.1, -0.05) is 29.8 Å². The summed E-state index contributed by atoms with van der Waals surface area (Å²) in [5, 5.41) is 3.00. The summed E-state index contributed by atoms with van der Waals surface area (Å²) in [7, 11) is -3.14. The Morgan fingerprint density at radius 3 is 1.94 bits per heavy atom. The second-order valence-electron chi connectivity index (χ2n) is 3.40. The molecule has 0 aromatic heterocycles. The number of halogens is 1. The van der Waals surface area contributed by atoms with Crippen LogP contribution in [0.15, 0.2) is 0 Å². The monoisotopic (exact) mass is 315 g/mol. The minimum Gasteiger partial charge on any atom is -0.297 e. The van der Waals surface area contributed by atoms with Crippen molar-refractivity contribution < 1.29 is 13.6 Å². The Kier molecular flexibility index (Phi) is 8.97. The molecule has 6 heteroatoms. The molecule has 4 nitrogen and oxygen atoms in total. The van der Waals surface area contributed by atoms with Crippen LogP contribution in [0, 0.1) is 0 Å². The lowest BCUT2D eigenvalue weighted by atomic mass is 10.1. The largest absolute Gasteiger partial charge is 0.405 e. The molecule has 1 N–H and O–H groups in total. The topological polar surface area (TPSA) is 47.6 Å². The van der Waals surface area contributed by atoms with Gasteiger partial charge in [0.2, 0.25) is 0 Å². The Balaban J connectivity index is 4.51. The van der Waals surface area contributed by atoms with Crippen LogP contribution in [-0.2, 0) is 13.6 Å². The van der Waals surface area contributed by atoms with Crippen molar-refractivity contribution in [2.75, 3.05) is 13.2 Å². The molecule has 0 aliphatic heterocycles. The molecule has 0 aromatic carbocycles. The van der Waals surface area contributed by atoms with Crippen LogP contribution in [0.1, 0.15) is 40.5 Å². The molecule has 0 bridgehead atoms. The highest BCUT2D eigenvalue weighted by Gasteiger charge is 2.29. The van der Waals surface area contributed by atoms with Gasteiger partial charge in [-0.05, 0) is 26.7 Å². The number of nitrogens with one attached hydrogen (secondary N) is 1. The van der Waals surface area contributed by atoms with E-state index in [1.165, 1.54) is 0 Å². The third-order valence-corrected chi connectivity index (χ3v) is 5.32. The van der Waals surface area contributed by atoms with Crippen LogP contribution in [0.25, 0.3) is 0 Å². The van der Waals surface area contributed by atoms with Crippen molar-refractivity contribution in [2.24, 2.45) is 0 Å². The van der Waals surface area contributed by atoms with Crippen LogP contribution in [-0.4, -0.2) is 24.1 Å². The molecule has 0 aromatic rings. The molecule has 2 atom stereocenters. The fraction of sp³-hybridized carbons (Fsp3) is 1.00. The molecule has 0 amide bonds. The van der Waals surface area contributed by atoms with Gasteiger partial charge >= 0.3 is 7.75 Å². The van der Waals surface area contributed by atoms with E-state index in [2.05, 4.69) is 27.9 Å². The van der Waals surface area contributed by atoms with E-state index in [0.29, 0.717) is 13.2 Å². The summed E-state index contributed by atoms with van der Waals surface area (Å²) in [6.07, 6.45) is 1.83. The minimum atomic E-state index is -3.14. The molecular weight excluding hydrogens is 293 g/mol. The maximum absolute atomic E-state index is 12.2. The van der Waals surface area contributed by atoms with Crippen LogP contribution < -0.4 is 5.09 Å². The van der Waals surface area contributed by atoms with Gasteiger partial charge < -0.3 is 0 Å². The summed E-state index contributed by atoms with van der Waals surface area (Å²) in [4.78, 5) is 0.270. The first-order chi connectivity index (χ1) is 7.52. The van der Waals surface area contributed by atoms with Crippen molar-refractivity contribution in [3.63, 3.8) is 0 Å². The van der Waals surface area contributed by atoms with Gasteiger partial charge in [-0.15, -0.1) is 0 Å². The summed E-state index contributed by atoms with van der Waals surface area (Å²) < 4.78 is 22.6. The molecule has 0 aliphatic carbocycles. The van der Waals surface area contributed by atoms with Crippen molar-refractivity contribution >= 4 is 23.7 Å². The van der Waals surface area contributed by atoms with E-state index in [0.717, 1.165) is 12.8 Å². The van der Waals surface area contributed by atoms with E-state index in [9.17, 15) is 4.57 Å². The molecule has 0 heterocycles. The minimum absolute atomic E-state index is 0.0916. The molecule has 0 saturated heterocycles. The predicted molar refractivity (Wildman–Crippen MR) is 71.1 cm³/mol. The smallest absolute Gasteiger partial charge is 0.297 e. The van der Waals surface area contributed by atoms with E-state index in [4.69, 9.17) is 9.05 Å². The van der Waals surface area contributed by atoms with Crippen molar-refractivity contribution in [3.8, 4) is 0 Å². The third-order valence-electron chi connectivity index (χ3n) is 2.19.